The van der Waals surface area contributed by atoms with Crippen LogP contribution in [0.4, 0.5) is 10.5 Å². The van der Waals surface area contributed by atoms with Gasteiger partial charge in [0.2, 0.25) is 5.88 Å². The Morgan fingerprint density at radius 1 is 1.20 bits per heavy atom. The fourth-order valence-corrected chi connectivity index (χ4v) is 2.48. The van der Waals surface area contributed by atoms with Crippen LogP contribution >= 0.6 is 0 Å². The maximum absolute atomic E-state index is 12.0. The summed E-state index contributed by atoms with van der Waals surface area (Å²) < 4.78 is 11.0. The fraction of sp³-hybridized carbons (Fsp3) is 0.333. The van der Waals surface area contributed by atoms with Crippen LogP contribution in [0.25, 0.3) is 0 Å². The SMILES string of the molecule is O=C(NCCN1CCOCC1)Nc1ccnc(Oc2ccccc2)c1. The lowest BCUT2D eigenvalue weighted by atomic mass is 10.3. The van der Waals surface area contributed by atoms with E-state index in [2.05, 4.69) is 20.5 Å². The lowest BCUT2D eigenvalue weighted by Gasteiger charge is -2.26. The maximum atomic E-state index is 12.0. The second-order valence-electron chi connectivity index (χ2n) is 5.63. The number of benzene rings is 1. The van der Waals surface area contributed by atoms with Gasteiger partial charge in [-0.3, -0.25) is 4.90 Å². The summed E-state index contributed by atoms with van der Waals surface area (Å²) >= 11 is 0. The van der Waals surface area contributed by atoms with Gasteiger partial charge in [0.15, 0.2) is 0 Å². The molecule has 1 aromatic carbocycles. The molecule has 2 aromatic rings. The third kappa shape index (κ3) is 5.74. The molecule has 7 heteroatoms. The molecule has 0 radical (unpaired) electrons. The molecule has 2 amide bonds. The van der Waals surface area contributed by atoms with Crippen molar-refractivity contribution in [3.05, 3.63) is 48.7 Å². The highest BCUT2D eigenvalue weighted by Gasteiger charge is 2.10. The van der Waals surface area contributed by atoms with Crippen molar-refractivity contribution < 1.29 is 14.3 Å². The minimum atomic E-state index is -0.245. The maximum Gasteiger partial charge on any atom is 0.319 e. The normalized spacial score (nSPS) is 14.7. The highest BCUT2D eigenvalue weighted by molar-refractivity contribution is 5.89. The summed E-state index contributed by atoms with van der Waals surface area (Å²) in [4.78, 5) is 18.4. The van der Waals surface area contributed by atoms with Gasteiger partial charge in [-0.1, -0.05) is 18.2 Å². The first-order valence-corrected chi connectivity index (χ1v) is 8.33. The first kappa shape index (κ1) is 17.2. The zero-order valence-corrected chi connectivity index (χ0v) is 14.0. The Morgan fingerprint density at radius 2 is 2.00 bits per heavy atom. The zero-order valence-electron chi connectivity index (χ0n) is 14.0. The summed E-state index contributed by atoms with van der Waals surface area (Å²) in [6, 6.07) is 12.6. The number of morpholine rings is 1. The van der Waals surface area contributed by atoms with Crippen LogP contribution in [0, 0.1) is 0 Å². The number of para-hydroxylation sites is 1. The molecule has 2 N–H and O–H groups in total. The Hall–Kier alpha value is -2.64. The van der Waals surface area contributed by atoms with Crippen molar-refractivity contribution in [1.29, 1.82) is 0 Å². The van der Waals surface area contributed by atoms with Gasteiger partial charge in [-0.15, -0.1) is 0 Å². The van der Waals surface area contributed by atoms with E-state index in [0.717, 1.165) is 32.8 Å². The molecule has 3 rings (SSSR count). The molecule has 0 bridgehead atoms. The van der Waals surface area contributed by atoms with Gasteiger partial charge in [0.25, 0.3) is 0 Å². The number of amides is 2. The van der Waals surface area contributed by atoms with Gasteiger partial charge in [0.05, 0.1) is 13.2 Å². The van der Waals surface area contributed by atoms with Gasteiger partial charge in [0, 0.05) is 44.1 Å². The number of carbonyl (C=O) groups is 1. The first-order valence-electron chi connectivity index (χ1n) is 8.33. The van der Waals surface area contributed by atoms with Crippen LogP contribution in [0.2, 0.25) is 0 Å². The number of anilines is 1. The van der Waals surface area contributed by atoms with Crippen LogP contribution in [-0.4, -0.2) is 55.3 Å². The quantitative estimate of drug-likeness (QED) is 0.843. The van der Waals surface area contributed by atoms with E-state index in [4.69, 9.17) is 9.47 Å². The Kier molecular flexibility index (Phi) is 6.19. The number of nitrogens with one attached hydrogen (secondary N) is 2. The molecular formula is C18H22N4O3. The van der Waals surface area contributed by atoms with Crippen molar-refractivity contribution >= 4 is 11.7 Å². The predicted molar refractivity (Wildman–Crippen MR) is 95.0 cm³/mol. The number of carbonyl (C=O) groups excluding carboxylic acids is 1. The molecule has 132 valence electrons. The van der Waals surface area contributed by atoms with Gasteiger partial charge in [-0.05, 0) is 18.2 Å². The van der Waals surface area contributed by atoms with Crippen LogP contribution in [0.1, 0.15) is 0 Å². The molecule has 0 spiro atoms. The third-order valence-corrected chi connectivity index (χ3v) is 3.78. The molecule has 25 heavy (non-hydrogen) atoms. The monoisotopic (exact) mass is 342 g/mol. The highest BCUT2D eigenvalue weighted by Crippen LogP contribution is 2.21. The Morgan fingerprint density at radius 3 is 2.80 bits per heavy atom. The summed E-state index contributed by atoms with van der Waals surface area (Å²) in [5.41, 5.74) is 0.629. The standard InChI is InChI=1S/C18H22N4O3/c23-18(20-8-9-22-10-12-24-13-11-22)21-15-6-7-19-17(14-15)25-16-4-2-1-3-5-16/h1-7,14H,8-13H2,(H2,19,20,21,23). The van der Waals surface area contributed by atoms with Crippen molar-refractivity contribution in [2.75, 3.05) is 44.7 Å². The number of hydrogen-bond acceptors (Lipinski definition) is 5. The minimum Gasteiger partial charge on any atom is -0.439 e. The van der Waals surface area contributed by atoms with Crippen LogP contribution < -0.4 is 15.4 Å². The van der Waals surface area contributed by atoms with Crippen molar-refractivity contribution in [1.82, 2.24) is 15.2 Å². The predicted octanol–water partition coefficient (Wildman–Crippen LogP) is 2.33. The fourth-order valence-electron chi connectivity index (χ4n) is 2.48. The van der Waals surface area contributed by atoms with E-state index >= 15 is 0 Å². The summed E-state index contributed by atoms with van der Waals surface area (Å²) in [6.07, 6.45) is 1.60. The number of urea groups is 1. The topological polar surface area (TPSA) is 75.7 Å². The first-order chi connectivity index (χ1) is 12.3. The molecule has 2 heterocycles. The number of pyridine rings is 1. The Bertz CT molecular complexity index is 675. The smallest absolute Gasteiger partial charge is 0.319 e. The molecule has 1 fully saturated rings. The molecule has 1 aliphatic heterocycles. The van der Waals surface area contributed by atoms with Gasteiger partial charge < -0.3 is 20.1 Å². The lowest BCUT2D eigenvalue weighted by Crippen LogP contribution is -2.42. The van der Waals surface area contributed by atoms with E-state index < -0.39 is 0 Å². The molecule has 1 aliphatic rings. The molecule has 1 saturated heterocycles. The van der Waals surface area contributed by atoms with E-state index in [9.17, 15) is 4.79 Å². The number of nitrogens with zero attached hydrogens (tertiary/aromatic N) is 2. The number of rotatable bonds is 6. The second-order valence-corrected chi connectivity index (χ2v) is 5.63. The van der Waals surface area contributed by atoms with Gasteiger partial charge in [-0.2, -0.15) is 0 Å². The van der Waals surface area contributed by atoms with Crippen LogP contribution in [0.15, 0.2) is 48.7 Å². The van der Waals surface area contributed by atoms with E-state index in [-0.39, 0.29) is 6.03 Å². The van der Waals surface area contributed by atoms with Crippen LogP contribution in [-0.2, 0) is 4.74 Å². The Labute approximate surface area is 147 Å². The van der Waals surface area contributed by atoms with Crippen LogP contribution in [0.5, 0.6) is 11.6 Å². The van der Waals surface area contributed by atoms with Gasteiger partial charge >= 0.3 is 6.03 Å². The van der Waals surface area contributed by atoms with E-state index in [1.165, 1.54) is 0 Å². The van der Waals surface area contributed by atoms with Crippen molar-refractivity contribution in [2.24, 2.45) is 0 Å². The summed E-state index contributed by atoms with van der Waals surface area (Å²) in [5.74, 6) is 1.12. The molecule has 1 aromatic heterocycles. The van der Waals surface area contributed by atoms with Crippen LogP contribution in [0.3, 0.4) is 0 Å². The zero-order chi connectivity index (χ0) is 17.3. The summed E-state index contributed by atoms with van der Waals surface area (Å²) in [5, 5.41) is 5.65. The Balaban J connectivity index is 1.45. The van der Waals surface area contributed by atoms with Gasteiger partial charge in [0.1, 0.15) is 5.75 Å². The minimum absolute atomic E-state index is 0.245. The third-order valence-electron chi connectivity index (χ3n) is 3.78. The second kappa shape index (κ2) is 9.00. The average molecular weight is 342 g/mol. The molecule has 7 nitrogen and oxygen atoms in total. The van der Waals surface area contributed by atoms with Crippen molar-refractivity contribution in [2.45, 2.75) is 0 Å². The highest BCUT2D eigenvalue weighted by atomic mass is 16.5. The number of hydrogen-bond donors (Lipinski definition) is 2. The van der Waals surface area contributed by atoms with E-state index in [0.29, 0.717) is 23.9 Å². The number of aromatic nitrogens is 1. The molecular weight excluding hydrogens is 320 g/mol. The molecule has 0 saturated carbocycles. The van der Waals surface area contributed by atoms with E-state index in [1.54, 1.807) is 18.3 Å². The molecule has 0 atom stereocenters. The summed E-state index contributed by atoms with van der Waals surface area (Å²) in [7, 11) is 0. The lowest BCUT2D eigenvalue weighted by molar-refractivity contribution is 0.0388. The summed E-state index contributed by atoms with van der Waals surface area (Å²) in [6.45, 7) is 4.74. The van der Waals surface area contributed by atoms with Crippen molar-refractivity contribution in [3.8, 4) is 11.6 Å². The van der Waals surface area contributed by atoms with Crippen molar-refractivity contribution in [3.63, 3.8) is 0 Å². The molecule has 0 unspecified atom stereocenters. The largest absolute Gasteiger partial charge is 0.439 e. The van der Waals surface area contributed by atoms with Gasteiger partial charge in [-0.25, -0.2) is 9.78 Å². The van der Waals surface area contributed by atoms with E-state index in [1.807, 2.05) is 30.3 Å². The molecule has 0 aliphatic carbocycles. The average Bonchev–Trinajstić information content (AvgIpc) is 2.64. The number of ether oxygens (including phenoxy) is 2.